The van der Waals surface area contributed by atoms with E-state index in [1.165, 1.54) is 21.3 Å². The number of hydrogen-bond donors (Lipinski definition) is 0. The lowest BCUT2D eigenvalue weighted by Crippen LogP contribution is -2.43. The molecule has 16 heteroatoms. The van der Waals surface area contributed by atoms with Crippen LogP contribution in [0.25, 0.3) is 0 Å². The van der Waals surface area contributed by atoms with Crippen LogP contribution in [0.1, 0.15) is 6.42 Å². The molecule has 4 nitrogen and oxygen atoms in total. The van der Waals surface area contributed by atoms with Crippen LogP contribution in [0, 0.1) is 0 Å². The van der Waals surface area contributed by atoms with E-state index in [2.05, 4.69) is 4.74 Å². The normalized spacial score (nSPS) is 12.7. The molecular weight excluding hydrogens is 433 g/mol. The second-order valence-electron chi connectivity index (χ2n) is 4.15. The average molecular weight is 452 g/mol. The van der Waals surface area contributed by atoms with Crippen LogP contribution in [0.2, 0.25) is 6.04 Å². The summed E-state index contributed by atoms with van der Waals surface area (Å²) in [5.74, 6) is 0. The van der Waals surface area contributed by atoms with E-state index in [-0.39, 0.29) is 6.04 Å². The summed E-state index contributed by atoms with van der Waals surface area (Å²) in [7, 11) is 1.81. The molecular formula is C11H19F11O4Si. The van der Waals surface area contributed by atoms with E-state index in [4.69, 9.17) is 13.3 Å². The summed E-state index contributed by atoms with van der Waals surface area (Å²) < 4.78 is 137. The number of ether oxygens (including phenoxy) is 1. The SMILES string of the molecule is CO[Si](CCF)(OC)OC.FC(F)(F)F.FCC(F)(F)OCCC(F)(F)F. The Labute approximate surface area is 148 Å². The molecule has 0 spiro atoms. The van der Waals surface area contributed by atoms with Crippen molar-refractivity contribution in [3.05, 3.63) is 0 Å². The molecule has 0 amide bonds. The van der Waals surface area contributed by atoms with Gasteiger partial charge in [-0.3, -0.25) is 4.39 Å². The van der Waals surface area contributed by atoms with Gasteiger partial charge in [-0.15, -0.1) is 17.6 Å². The largest absolute Gasteiger partial charge is 0.559 e. The zero-order chi connectivity index (χ0) is 22.4. The second-order valence-corrected chi connectivity index (χ2v) is 7.24. The average Bonchev–Trinajstić information content (AvgIpc) is 2.50. The Morgan fingerprint density at radius 3 is 1.30 bits per heavy atom. The van der Waals surface area contributed by atoms with Crippen molar-refractivity contribution in [1.29, 1.82) is 0 Å². The Morgan fingerprint density at radius 2 is 1.11 bits per heavy atom. The molecule has 0 N–H and O–H groups in total. The van der Waals surface area contributed by atoms with Gasteiger partial charge >= 0.3 is 27.5 Å². The second kappa shape index (κ2) is 14.3. The zero-order valence-corrected chi connectivity index (χ0v) is 15.3. The number of halogens is 11. The maximum Gasteiger partial charge on any atom is 0.559 e. The van der Waals surface area contributed by atoms with Crippen LogP contribution in [0.3, 0.4) is 0 Å². The smallest absolute Gasteiger partial charge is 0.377 e. The van der Waals surface area contributed by atoms with Crippen molar-refractivity contribution < 1.29 is 66.3 Å². The van der Waals surface area contributed by atoms with Crippen LogP contribution in [0.15, 0.2) is 0 Å². The molecule has 168 valence electrons. The molecule has 0 aromatic rings. The molecule has 0 aromatic carbocycles. The van der Waals surface area contributed by atoms with Gasteiger partial charge in [0, 0.05) is 27.4 Å². The van der Waals surface area contributed by atoms with Crippen molar-refractivity contribution in [2.45, 2.75) is 31.2 Å². The topological polar surface area (TPSA) is 36.9 Å². The van der Waals surface area contributed by atoms with Crippen molar-refractivity contribution in [2.24, 2.45) is 0 Å². The third-order valence-corrected chi connectivity index (χ3v) is 4.86. The first-order valence-electron chi connectivity index (χ1n) is 6.63. The van der Waals surface area contributed by atoms with Crippen LogP contribution in [0.5, 0.6) is 0 Å². The van der Waals surface area contributed by atoms with Gasteiger partial charge in [0.1, 0.15) is 0 Å². The molecule has 0 aliphatic rings. The summed E-state index contributed by atoms with van der Waals surface area (Å²) in [6.45, 7) is -3.83. The van der Waals surface area contributed by atoms with E-state index in [1.54, 1.807) is 0 Å². The predicted molar refractivity (Wildman–Crippen MR) is 72.3 cm³/mol. The van der Waals surface area contributed by atoms with Crippen molar-refractivity contribution in [3.8, 4) is 0 Å². The van der Waals surface area contributed by atoms with E-state index in [0.29, 0.717) is 0 Å². The lowest BCUT2D eigenvalue weighted by atomic mass is 10.4. The number of alkyl halides is 11. The highest BCUT2D eigenvalue weighted by molar-refractivity contribution is 6.60. The third kappa shape index (κ3) is 25.3. The van der Waals surface area contributed by atoms with E-state index < -0.39 is 53.9 Å². The first-order chi connectivity index (χ1) is 12.0. The molecule has 0 rings (SSSR count). The first-order valence-corrected chi connectivity index (χ1v) is 8.56. The summed E-state index contributed by atoms with van der Waals surface area (Å²) in [5, 5.41) is 0. The lowest BCUT2D eigenvalue weighted by molar-refractivity contribution is -0.257. The summed E-state index contributed by atoms with van der Waals surface area (Å²) in [6.07, 6.45) is -15.7. The summed E-state index contributed by atoms with van der Waals surface area (Å²) >= 11 is 0. The molecule has 0 heterocycles. The minimum atomic E-state index is -5.50. The monoisotopic (exact) mass is 452 g/mol. The van der Waals surface area contributed by atoms with Crippen molar-refractivity contribution in [3.63, 3.8) is 0 Å². The van der Waals surface area contributed by atoms with Crippen molar-refractivity contribution in [1.82, 2.24) is 0 Å². The fourth-order valence-electron chi connectivity index (χ4n) is 1.03. The zero-order valence-electron chi connectivity index (χ0n) is 14.3. The lowest BCUT2D eigenvalue weighted by Gasteiger charge is -2.22. The highest BCUT2D eigenvalue weighted by Gasteiger charge is 2.37. The Bertz CT molecular complexity index is 334. The van der Waals surface area contributed by atoms with Crippen LogP contribution in [0.4, 0.5) is 48.3 Å². The molecule has 0 aliphatic carbocycles. The maximum atomic E-state index is 11.8. The molecule has 27 heavy (non-hydrogen) atoms. The van der Waals surface area contributed by atoms with E-state index in [9.17, 15) is 48.3 Å². The molecule has 0 unspecified atom stereocenters. The van der Waals surface area contributed by atoms with E-state index in [1.807, 2.05) is 0 Å². The van der Waals surface area contributed by atoms with Gasteiger partial charge in [-0.25, -0.2) is 4.39 Å². The van der Waals surface area contributed by atoms with Crippen molar-refractivity contribution >= 4 is 8.80 Å². The first kappa shape index (κ1) is 31.0. The minimum absolute atomic E-state index is 0.219. The Hall–Kier alpha value is -0.713. The highest BCUT2D eigenvalue weighted by Crippen LogP contribution is 2.22. The summed E-state index contributed by atoms with van der Waals surface area (Å²) in [6, 6.07) is 0.219. The Morgan fingerprint density at radius 1 is 0.741 bits per heavy atom. The van der Waals surface area contributed by atoms with Crippen LogP contribution < -0.4 is 0 Å². The Kier molecular flexibility index (Phi) is 16.4. The maximum absolute atomic E-state index is 11.8. The molecule has 0 saturated carbocycles. The van der Waals surface area contributed by atoms with Crippen LogP contribution in [-0.4, -0.2) is 68.8 Å². The van der Waals surface area contributed by atoms with E-state index in [0.717, 1.165) is 0 Å². The highest BCUT2D eigenvalue weighted by atomic mass is 28.4. The van der Waals surface area contributed by atoms with Gasteiger partial charge in [0.15, 0.2) is 6.67 Å². The molecule has 0 radical (unpaired) electrons. The molecule has 0 bridgehead atoms. The molecule has 0 fully saturated rings. The molecule has 0 aliphatic heterocycles. The molecule has 0 aromatic heterocycles. The summed E-state index contributed by atoms with van der Waals surface area (Å²) in [4.78, 5) is 0. The molecule has 0 saturated heterocycles. The van der Waals surface area contributed by atoms with Gasteiger partial charge in [0.05, 0.1) is 19.7 Å². The van der Waals surface area contributed by atoms with Gasteiger partial charge in [-0.2, -0.15) is 22.0 Å². The van der Waals surface area contributed by atoms with Gasteiger partial charge < -0.3 is 18.0 Å². The van der Waals surface area contributed by atoms with E-state index >= 15 is 0 Å². The van der Waals surface area contributed by atoms with Crippen LogP contribution in [-0.2, 0) is 18.0 Å². The van der Waals surface area contributed by atoms with Gasteiger partial charge in [-0.1, -0.05) is 0 Å². The standard InChI is InChI=1S/C5H6F6O.C5H13FO3Si.CF4/c6-3-5(10,11)12-2-1-4(7,8)9;1-7-10(8-2,9-3)5-4-6;2-1(3,4)5/h1-3H2;4-5H2,1-3H3;. The van der Waals surface area contributed by atoms with Gasteiger partial charge in [0.2, 0.25) is 0 Å². The van der Waals surface area contributed by atoms with Crippen LogP contribution >= 0.6 is 0 Å². The quantitative estimate of drug-likeness (QED) is 0.371. The number of rotatable bonds is 9. The predicted octanol–water partition coefficient (Wildman–Crippen LogP) is 4.83. The van der Waals surface area contributed by atoms with Gasteiger partial charge in [0.25, 0.3) is 0 Å². The summed E-state index contributed by atoms with van der Waals surface area (Å²) in [5.41, 5.74) is 0. The fourth-order valence-corrected chi connectivity index (χ4v) is 2.37. The third-order valence-electron chi connectivity index (χ3n) is 2.19. The Balaban J connectivity index is -0.000000347. The van der Waals surface area contributed by atoms with Crippen molar-refractivity contribution in [2.75, 3.05) is 41.3 Å². The minimum Gasteiger partial charge on any atom is -0.377 e. The molecule has 0 atom stereocenters. The number of hydrogen-bond acceptors (Lipinski definition) is 4. The van der Waals surface area contributed by atoms with Gasteiger partial charge in [-0.05, 0) is 0 Å². The fraction of sp³-hybridized carbons (Fsp3) is 1.00.